The first-order valence-corrected chi connectivity index (χ1v) is 10.2. The smallest absolute Gasteiger partial charge is 0.257 e. The average Bonchev–Trinajstić information content (AvgIpc) is 3.07. The Labute approximate surface area is 152 Å². The van der Waals surface area contributed by atoms with Crippen LogP contribution in [-0.4, -0.2) is 43.0 Å². The summed E-state index contributed by atoms with van der Waals surface area (Å²) in [6, 6.07) is 5.60. The Balaban J connectivity index is 1.58. The maximum atomic E-state index is 12.8. The van der Waals surface area contributed by atoms with Crippen LogP contribution in [0.4, 0.5) is 5.69 Å². The molecule has 0 atom stereocenters. The number of hydrogen-bond donors (Lipinski definition) is 1. The summed E-state index contributed by atoms with van der Waals surface area (Å²) in [6.45, 7) is 1.28. The molecule has 0 unspecified atom stereocenters. The SMILES string of the molecule is CS(=O)(=O)N1CCc2c(cncc2C(=O)Nc2ccc3c(c2)CCO3)C1. The summed E-state index contributed by atoms with van der Waals surface area (Å²) in [4.78, 5) is 16.9. The molecule has 26 heavy (non-hydrogen) atoms. The number of nitrogens with zero attached hydrogens (tertiary/aromatic N) is 2. The lowest BCUT2D eigenvalue weighted by Crippen LogP contribution is -2.36. The largest absolute Gasteiger partial charge is 0.493 e. The van der Waals surface area contributed by atoms with E-state index in [4.69, 9.17) is 4.74 Å². The third-order valence-corrected chi connectivity index (χ3v) is 6.02. The molecule has 7 nitrogen and oxygen atoms in total. The van der Waals surface area contributed by atoms with E-state index in [-0.39, 0.29) is 12.5 Å². The van der Waals surface area contributed by atoms with E-state index in [0.717, 1.165) is 28.9 Å². The fourth-order valence-electron chi connectivity index (χ4n) is 3.41. The molecular formula is C18H19N3O4S. The Bertz CT molecular complexity index is 988. The van der Waals surface area contributed by atoms with Gasteiger partial charge in [-0.15, -0.1) is 0 Å². The molecule has 0 saturated carbocycles. The van der Waals surface area contributed by atoms with E-state index in [1.165, 1.54) is 10.6 Å². The lowest BCUT2D eigenvalue weighted by atomic mass is 9.98. The number of ether oxygens (including phenoxy) is 1. The number of sulfonamides is 1. The lowest BCUT2D eigenvalue weighted by molar-refractivity contribution is 0.102. The van der Waals surface area contributed by atoms with E-state index in [9.17, 15) is 13.2 Å². The van der Waals surface area contributed by atoms with Crippen molar-refractivity contribution in [3.63, 3.8) is 0 Å². The minimum Gasteiger partial charge on any atom is -0.493 e. The van der Waals surface area contributed by atoms with Gasteiger partial charge in [-0.25, -0.2) is 8.42 Å². The topological polar surface area (TPSA) is 88.6 Å². The van der Waals surface area contributed by atoms with Crippen molar-refractivity contribution in [1.29, 1.82) is 0 Å². The molecule has 0 radical (unpaired) electrons. The van der Waals surface area contributed by atoms with Gasteiger partial charge in [-0.3, -0.25) is 9.78 Å². The van der Waals surface area contributed by atoms with E-state index < -0.39 is 10.0 Å². The van der Waals surface area contributed by atoms with Crippen LogP contribution in [0.1, 0.15) is 27.0 Å². The molecule has 2 aliphatic heterocycles. The molecule has 0 saturated heterocycles. The highest BCUT2D eigenvalue weighted by Gasteiger charge is 2.26. The highest BCUT2D eigenvalue weighted by atomic mass is 32.2. The Morgan fingerprint density at radius 2 is 2.08 bits per heavy atom. The van der Waals surface area contributed by atoms with Gasteiger partial charge >= 0.3 is 0 Å². The number of amides is 1. The van der Waals surface area contributed by atoms with Gasteiger partial charge in [0.15, 0.2) is 0 Å². The second-order valence-electron chi connectivity index (χ2n) is 6.55. The summed E-state index contributed by atoms with van der Waals surface area (Å²) >= 11 is 0. The van der Waals surface area contributed by atoms with Crippen molar-refractivity contribution in [2.24, 2.45) is 0 Å². The molecule has 0 aliphatic carbocycles. The molecule has 0 bridgehead atoms. The van der Waals surface area contributed by atoms with Crippen LogP contribution >= 0.6 is 0 Å². The summed E-state index contributed by atoms with van der Waals surface area (Å²) in [5.74, 6) is 0.628. The summed E-state index contributed by atoms with van der Waals surface area (Å²) in [7, 11) is -3.26. The van der Waals surface area contributed by atoms with Gasteiger partial charge in [-0.1, -0.05) is 0 Å². The third-order valence-electron chi connectivity index (χ3n) is 4.77. The number of nitrogens with one attached hydrogen (secondary N) is 1. The lowest BCUT2D eigenvalue weighted by Gasteiger charge is -2.27. The van der Waals surface area contributed by atoms with Crippen LogP contribution in [-0.2, 0) is 29.4 Å². The third kappa shape index (κ3) is 3.17. The predicted molar refractivity (Wildman–Crippen MR) is 96.8 cm³/mol. The summed E-state index contributed by atoms with van der Waals surface area (Å²) in [5.41, 5.74) is 3.93. The van der Waals surface area contributed by atoms with Crippen molar-refractivity contribution in [2.75, 3.05) is 24.7 Å². The normalized spacial score (nSPS) is 16.5. The number of hydrogen-bond acceptors (Lipinski definition) is 5. The molecule has 4 rings (SSSR count). The molecular weight excluding hydrogens is 354 g/mol. The molecule has 0 fully saturated rings. The Morgan fingerprint density at radius 1 is 1.23 bits per heavy atom. The van der Waals surface area contributed by atoms with Crippen LogP contribution in [0.3, 0.4) is 0 Å². The average molecular weight is 373 g/mol. The van der Waals surface area contributed by atoms with Crippen LogP contribution in [0.25, 0.3) is 0 Å². The number of pyridine rings is 1. The fourth-order valence-corrected chi connectivity index (χ4v) is 4.21. The summed E-state index contributed by atoms with van der Waals surface area (Å²) < 4.78 is 30.4. The van der Waals surface area contributed by atoms with E-state index in [1.54, 1.807) is 12.4 Å². The van der Waals surface area contributed by atoms with E-state index in [0.29, 0.717) is 30.8 Å². The number of benzene rings is 1. The van der Waals surface area contributed by atoms with Crippen LogP contribution in [0.2, 0.25) is 0 Å². The quantitative estimate of drug-likeness (QED) is 0.883. The van der Waals surface area contributed by atoms with Crippen LogP contribution in [0, 0.1) is 0 Å². The van der Waals surface area contributed by atoms with E-state index >= 15 is 0 Å². The predicted octanol–water partition coefficient (Wildman–Crippen LogP) is 1.59. The van der Waals surface area contributed by atoms with Crippen molar-refractivity contribution in [3.8, 4) is 5.75 Å². The molecule has 8 heteroatoms. The standard InChI is InChI=1S/C18H19N3O4S/c1-26(23,24)21-6-4-15-13(11-21)9-19-10-16(15)18(22)20-14-2-3-17-12(8-14)5-7-25-17/h2-3,8-10H,4-7,11H2,1H3,(H,20,22). The zero-order chi connectivity index (χ0) is 18.3. The molecule has 2 aliphatic rings. The minimum absolute atomic E-state index is 0.235. The maximum Gasteiger partial charge on any atom is 0.257 e. The Hall–Kier alpha value is -2.45. The number of aromatic nitrogens is 1. The molecule has 1 amide bonds. The molecule has 0 spiro atoms. The Morgan fingerprint density at radius 3 is 2.88 bits per heavy atom. The van der Waals surface area contributed by atoms with Crippen LogP contribution < -0.4 is 10.1 Å². The van der Waals surface area contributed by atoms with Crippen molar-refractivity contribution >= 4 is 21.6 Å². The fraction of sp³-hybridized carbons (Fsp3) is 0.333. The van der Waals surface area contributed by atoms with Gasteiger partial charge in [0.2, 0.25) is 10.0 Å². The summed E-state index contributed by atoms with van der Waals surface area (Å²) in [5, 5.41) is 2.91. The van der Waals surface area contributed by atoms with Crippen molar-refractivity contribution in [3.05, 3.63) is 52.8 Å². The molecule has 1 N–H and O–H groups in total. The first-order chi connectivity index (χ1) is 12.4. The number of rotatable bonds is 3. The molecule has 136 valence electrons. The second-order valence-corrected chi connectivity index (χ2v) is 8.53. The van der Waals surface area contributed by atoms with E-state index in [1.807, 2.05) is 18.2 Å². The molecule has 2 aromatic rings. The van der Waals surface area contributed by atoms with Crippen molar-refractivity contribution in [2.45, 2.75) is 19.4 Å². The van der Waals surface area contributed by atoms with Gasteiger partial charge in [0.25, 0.3) is 5.91 Å². The van der Waals surface area contributed by atoms with Crippen molar-refractivity contribution in [1.82, 2.24) is 9.29 Å². The highest BCUT2D eigenvalue weighted by Crippen LogP contribution is 2.29. The second kappa shape index (κ2) is 6.37. The van der Waals surface area contributed by atoms with Crippen molar-refractivity contribution < 1.29 is 17.9 Å². The number of carbonyl (C=O) groups is 1. The Kier molecular flexibility index (Phi) is 4.16. The molecule has 1 aromatic heterocycles. The first-order valence-electron chi connectivity index (χ1n) is 8.40. The minimum atomic E-state index is -3.26. The number of carbonyl (C=O) groups excluding carboxylic acids is 1. The number of anilines is 1. The van der Waals surface area contributed by atoms with Gasteiger partial charge in [0.05, 0.1) is 18.4 Å². The zero-order valence-electron chi connectivity index (χ0n) is 14.4. The van der Waals surface area contributed by atoms with Gasteiger partial charge in [-0.2, -0.15) is 4.31 Å². The first kappa shape index (κ1) is 17.0. The van der Waals surface area contributed by atoms with Gasteiger partial charge < -0.3 is 10.1 Å². The monoisotopic (exact) mass is 373 g/mol. The summed E-state index contributed by atoms with van der Waals surface area (Å²) in [6.07, 6.45) is 5.70. The zero-order valence-corrected chi connectivity index (χ0v) is 15.2. The molecule has 1 aromatic carbocycles. The van der Waals surface area contributed by atoms with Gasteiger partial charge in [0, 0.05) is 37.6 Å². The highest BCUT2D eigenvalue weighted by molar-refractivity contribution is 7.88. The maximum absolute atomic E-state index is 12.8. The molecule has 3 heterocycles. The van der Waals surface area contributed by atoms with Gasteiger partial charge in [-0.05, 0) is 41.3 Å². The number of fused-ring (bicyclic) bond motifs is 2. The van der Waals surface area contributed by atoms with Gasteiger partial charge in [0.1, 0.15) is 5.75 Å². The van der Waals surface area contributed by atoms with E-state index in [2.05, 4.69) is 10.3 Å². The van der Waals surface area contributed by atoms with Crippen LogP contribution in [0.5, 0.6) is 5.75 Å². The van der Waals surface area contributed by atoms with Crippen LogP contribution in [0.15, 0.2) is 30.6 Å².